The van der Waals surface area contributed by atoms with Crippen LogP contribution < -0.4 is 5.32 Å². The zero-order valence-corrected chi connectivity index (χ0v) is 10.7. The minimum absolute atomic E-state index is 0.0381. The maximum atomic E-state index is 12.2. The van der Waals surface area contributed by atoms with E-state index in [9.17, 15) is 4.79 Å². The van der Waals surface area contributed by atoms with Gasteiger partial charge in [0.05, 0.1) is 0 Å². The topological polar surface area (TPSA) is 54.1 Å². The molecule has 0 saturated carbocycles. The SMILES string of the molecule is COCCC(C)NC(=O)c1cccc2[nH]ccc12. The molecule has 0 fully saturated rings. The van der Waals surface area contributed by atoms with Crippen molar-refractivity contribution in [3.8, 4) is 0 Å². The van der Waals surface area contributed by atoms with Crippen LogP contribution in [0.15, 0.2) is 30.5 Å². The number of amides is 1. The first-order valence-corrected chi connectivity index (χ1v) is 6.08. The quantitative estimate of drug-likeness (QED) is 0.850. The van der Waals surface area contributed by atoms with Crippen LogP contribution in [0, 0.1) is 0 Å². The van der Waals surface area contributed by atoms with Crippen LogP contribution in [0.5, 0.6) is 0 Å². The van der Waals surface area contributed by atoms with Gasteiger partial charge in [0.25, 0.3) is 5.91 Å². The van der Waals surface area contributed by atoms with E-state index in [0.717, 1.165) is 17.3 Å². The zero-order valence-electron chi connectivity index (χ0n) is 10.7. The van der Waals surface area contributed by atoms with E-state index in [1.54, 1.807) is 7.11 Å². The number of benzene rings is 1. The molecule has 0 radical (unpaired) electrons. The third-order valence-electron chi connectivity index (χ3n) is 2.97. The molecule has 1 atom stereocenters. The highest BCUT2D eigenvalue weighted by Gasteiger charge is 2.12. The predicted octanol–water partition coefficient (Wildman–Crippen LogP) is 2.32. The van der Waals surface area contributed by atoms with E-state index in [-0.39, 0.29) is 11.9 Å². The van der Waals surface area contributed by atoms with Gasteiger partial charge in [0, 0.05) is 42.4 Å². The molecule has 1 unspecified atom stereocenters. The van der Waals surface area contributed by atoms with Crippen molar-refractivity contribution < 1.29 is 9.53 Å². The van der Waals surface area contributed by atoms with Crippen LogP contribution in [-0.4, -0.2) is 30.6 Å². The Hall–Kier alpha value is -1.81. The lowest BCUT2D eigenvalue weighted by Gasteiger charge is -2.13. The summed E-state index contributed by atoms with van der Waals surface area (Å²) in [4.78, 5) is 15.3. The lowest BCUT2D eigenvalue weighted by Crippen LogP contribution is -2.33. The predicted molar refractivity (Wildman–Crippen MR) is 71.7 cm³/mol. The fourth-order valence-corrected chi connectivity index (χ4v) is 1.95. The van der Waals surface area contributed by atoms with Crippen molar-refractivity contribution in [2.24, 2.45) is 0 Å². The molecule has 1 aromatic heterocycles. The maximum Gasteiger partial charge on any atom is 0.252 e. The molecule has 0 aliphatic heterocycles. The first-order chi connectivity index (χ1) is 8.72. The molecule has 1 heterocycles. The summed E-state index contributed by atoms with van der Waals surface area (Å²) in [6.07, 6.45) is 2.65. The molecule has 0 saturated heterocycles. The Labute approximate surface area is 106 Å². The Morgan fingerprint density at radius 1 is 1.44 bits per heavy atom. The highest BCUT2D eigenvalue weighted by atomic mass is 16.5. The number of methoxy groups -OCH3 is 1. The second kappa shape index (κ2) is 5.69. The molecule has 4 heteroatoms. The Morgan fingerprint density at radius 3 is 3.06 bits per heavy atom. The number of nitrogens with one attached hydrogen (secondary N) is 2. The molecule has 96 valence electrons. The summed E-state index contributed by atoms with van der Waals surface area (Å²) >= 11 is 0. The van der Waals surface area contributed by atoms with Gasteiger partial charge in [-0.05, 0) is 31.5 Å². The smallest absolute Gasteiger partial charge is 0.252 e. The van der Waals surface area contributed by atoms with Gasteiger partial charge in [0.2, 0.25) is 0 Å². The van der Waals surface area contributed by atoms with E-state index in [1.807, 2.05) is 37.4 Å². The number of fused-ring (bicyclic) bond motifs is 1. The van der Waals surface area contributed by atoms with Crippen LogP contribution in [0.3, 0.4) is 0 Å². The van der Waals surface area contributed by atoms with Crippen LogP contribution in [-0.2, 0) is 4.74 Å². The number of hydrogen-bond donors (Lipinski definition) is 2. The molecule has 0 bridgehead atoms. The average Bonchev–Trinajstić information content (AvgIpc) is 2.84. The summed E-state index contributed by atoms with van der Waals surface area (Å²) in [7, 11) is 1.66. The number of carbonyl (C=O) groups excluding carboxylic acids is 1. The highest BCUT2D eigenvalue weighted by molar-refractivity contribution is 6.06. The third kappa shape index (κ3) is 2.71. The molecule has 2 rings (SSSR count). The van der Waals surface area contributed by atoms with Gasteiger partial charge in [-0.1, -0.05) is 6.07 Å². The second-order valence-electron chi connectivity index (χ2n) is 4.40. The van der Waals surface area contributed by atoms with Crippen molar-refractivity contribution in [2.45, 2.75) is 19.4 Å². The van der Waals surface area contributed by atoms with Crippen molar-refractivity contribution >= 4 is 16.8 Å². The first kappa shape index (κ1) is 12.6. The Balaban J connectivity index is 2.11. The molecule has 4 nitrogen and oxygen atoms in total. The second-order valence-corrected chi connectivity index (χ2v) is 4.40. The molecular formula is C14H18N2O2. The summed E-state index contributed by atoms with van der Waals surface area (Å²) in [5.74, 6) is -0.0381. The molecule has 1 amide bonds. The van der Waals surface area contributed by atoms with Gasteiger partial charge in [-0.3, -0.25) is 4.79 Å². The molecule has 1 aromatic carbocycles. The number of aromatic amines is 1. The van der Waals surface area contributed by atoms with Gasteiger partial charge in [0.15, 0.2) is 0 Å². The summed E-state index contributed by atoms with van der Waals surface area (Å²) in [5, 5.41) is 3.93. The van der Waals surface area contributed by atoms with Crippen molar-refractivity contribution in [1.82, 2.24) is 10.3 Å². The molecule has 0 aliphatic rings. The van der Waals surface area contributed by atoms with Crippen molar-refractivity contribution in [3.05, 3.63) is 36.0 Å². The van der Waals surface area contributed by atoms with E-state index >= 15 is 0 Å². The average molecular weight is 246 g/mol. The Morgan fingerprint density at radius 2 is 2.28 bits per heavy atom. The van der Waals surface area contributed by atoms with Crippen molar-refractivity contribution in [3.63, 3.8) is 0 Å². The number of rotatable bonds is 5. The molecule has 18 heavy (non-hydrogen) atoms. The fraction of sp³-hybridized carbons (Fsp3) is 0.357. The monoisotopic (exact) mass is 246 g/mol. The number of hydrogen-bond acceptors (Lipinski definition) is 2. The summed E-state index contributed by atoms with van der Waals surface area (Å²) < 4.78 is 5.00. The summed E-state index contributed by atoms with van der Waals surface area (Å²) in [6, 6.07) is 7.71. The van der Waals surface area contributed by atoms with E-state index in [2.05, 4.69) is 10.3 Å². The van der Waals surface area contributed by atoms with Gasteiger partial charge in [0.1, 0.15) is 0 Å². The van der Waals surface area contributed by atoms with Gasteiger partial charge < -0.3 is 15.0 Å². The minimum atomic E-state index is -0.0381. The van der Waals surface area contributed by atoms with E-state index in [4.69, 9.17) is 4.74 Å². The molecule has 0 spiro atoms. The zero-order chi connectivity index (χ0) is 13.0. The summed E-state index contributed by atoms with van der Waals surface area (Å²) in [6.45, 7) is 2.63. The van der Waals surface area contributed by atoms with E-state index in [0.29, 0.717) is 12.2 Å². The molecule has 2 N–H and O–H groups in total. The van der Waals surface area contributed by atoms with Crippen LogP contribution in [0.25, 0.3) is 10.9 Å². The van der Waals surface area contributed by atoms with Gasteiger partial charge >= 0.3 is 0 Å². The number of aromatic nitrogens is 1. The van der Waals surface area contributed by atoms with Crippen LogP contribution in [0.4, 0.5) is 0 Å². The van der Waals surface area contributed by atoms with Crippen LogP contribution in [0.2, 0.25) is 0 Å². The number of ether oxygens (including phenoxy) is 1. The van der Waals surface area contributed by atoms with E-state index < -0.39 is 0 Å². The lowest BCUT2D eigenvalue weighted by atomic mass is 10.1. The van der Waals surface area contributed by atoms with E-state index in [1.165, 1.54) is 0 Å². The Kier molecular flexibility index (Phi) is 3.99. The van der Waals surface area contributed by atoms with Gasteiger partial charge in [-0.15, -0.1) is 0 Å². The summed E-state index contributed by atoms with van der Waals surface area (Å²) in [5.41, 5.74) is 1.69. The van der Waals surface area contributed by atoms with Crippen LogP contribution >= 0.6 is 0 Å². The first-order valence-electron chi connectivity index (χ1n) is 6.08. The third-order valence-corrected chi connectivity index (χ3v) is 2.97. The van der Waals surface area contributed by atoms with Crippen LogP contribution in [0.1, 0.15) is 23.7 Å². The standard InChI is InChI=1S/C14H18N2O2/c1-10(7-9-18-2)16-14(17)12-4-3-5-13-11(12)6-8-15-13/h3-6,8,10,15H,7,9H2,1-2H3,(H,16,17). The Bertz CT molecular complexity index is 533. The number of carbonyl (C=O) groups is 1. The van der Waals surface area contributed by atoms with Gasteiger partial charge in [-0.25, -0.2) is 0 Å². The number of H-pyrrole nitrogens is 1. The van der Waals surface area contributed by atoms with Crippen molar-refractivity contribution in [1.29, 1.82) is 0 Å². The minimum Gasteiger partial charge on any atom is -0.385 e. The maximum absolute atomic E-state index is 12.2. The molecule has 2 aromatic rings. The fourth-order valence-electron chi connectivity index (χ4n) is 1.95. The van der Waals surface area contributed by atoms with Crippen molar-refractivity contribution in [2.75, 3.05) is 13.7 Å². The molecule has 0 aliphatic carbocycles. The lowest BCUT2D eigenvalue weighted by molar-refractivity contribution is 0.0931. The highest BCUT2D eigenvalue weighted by Crippen LogP contribution is 2.17. The largest absolute Gasteiger partial charge is 0.385 e. The normalized spacial score (nSPS) is 12.6. The van der Waals surface area contributed by atoms with Gasteiger partial charge in [-0.2, -0.15) is 0 Å². The molecular weight excluding hydrogens is 228 g/mol.